The molecule has 0 aliphatic rings. The van der Waals surface area contributed by atoms with E-state index in [-0.39, 0.29) is 12.3 Å². The Bertz CT molecular complexity index is 424. The van der Waals surface area contributed by atoms with Crippen molar-refractivity contribution < 1.29 is 9.90 Å². The number of rotatable bonds is 4. The minimum absolute atomic E-state index is 0.123. The van der Waals surface area contributed by atoms with E-state index >= 15 is 0 Å². The van der Waals surface area contributed by atoms with Crippen LogP contribution in [0, 0.1) is 11.3 Å². The van der Waals surface area contributed by atoms with Gasteiger partial charge in [-0.15, -0.1) is 0 Å². The molecule has 0 unspecified atom stereocenters. The second-order valence-electron chi connectivity index (χ2n) is 4.37. The van der Waals surface area contributed by atoms with Crippen molar-refractivity contribution in [1.82, 2.24) is 5.32 Å². The summed E-state index contributed by atoms with van der Waals surface area (Å²) in [6.45, 7) is 3.83. The van der Waals surface area contributed by atoms with Crippen molar-refractivity contribution in [1.29, 1.82) is 5.26 Å². The smallest absolute Gasteiger partial charge is 0.234 e. The summed E-state index contributed by atoms with van der Waals surface area (Å²) in [5.41, 5.74) is 0.900. The highest BCUT2D eigenvalue weighted by molar-refractivity contribution is 5.77. The van der Waals surface area contributed by atoms with Gasteiger partial charge in [-0.1, -0.05) is 24.3 Å². The molecule has 1 rings (SSSR count). The molecule has 0 aliphatic carbocycles. The lowest BCUT2D eigenvalue weighted by atomic mass is 9.97. The van der Waals surface area contributed by atoms with Crippen molar-refractivity contribution in [3.63, 3.8) is 0 Å². The summed E-state index contributed by atoms with van der Waals surface area (Å²) in [5, 5.41) is 20.7. The van der Waals surface area contributed by atoms with Crippen molar-refractivity contribution in [3.05, 3.63) is 35.4 Å². The Morgan fingerprint density at radius 1 is 1.41 bits per heavy atom. The lowest BCUT2D eigenvalue weighted by Crippen LogP contribution is -2.22. The van der Waals surface area contributed by atoms with E-state index in [1.54, 1.807) is 19.9 Å². The average molecular weight is 232 g/mol. The van der Waals surface area contributed by atoms with Crippen LogP contribution in [0.5, 0.6) is 0 Å². The summed E-state index contributed by atoms with van der Waals surface area (Å²) >= 11 is 0. The third kappa shape index (κ3) is 4.25. The largest absolute Gasteiger partial charge is 0.386 e. The van der Waals surface area contributed by atoms with Gasteiger partial charge in [0.05, 0.1) is 11.7 Å². The summed E-state index contributed by atoms with van der Waals surface area (Å²) < 4.78 is 0. The molecule has 0 saturated heterocycles. The maximum Gasteiger partial charge on any atom is 0.234 e. The van der Waals surface area contributed by atoms with Gasteiger partial charge in [-0.25, -0.2) is 0 Å². The fraction of sp³-hybridized carbons (Fsp3) is 0.385. The normalized spacial score (nSPS) is 10.7. The predicted molar refractivity (Wildman–Crippen MR) is 63.8 cm³/mol. The van der Waals surface area contributed by atoms with E-state index < -0.39 is 5.60 Å². The molecule has 0 radical (unpaired) electrons. The van der Waals surface area contributed by atoms with Crippen molar-refractivity contribution in [3.8, 4) is 6.07 Å². The van der Waals surface area contributed by atoms with Crippen LogP contribution in [0.15, 0.2) is 24.3 Å². The number of carbonyl (C=O) groups is 1. The highest BCUT2D eigenvalue weighted by atomic mass is 16.3. The Hall–Kier alpha value is -1.86. The van der Waals surface area contributed by atoms with Gasteiger partial charge in [-0.2, -0.15) is 5.26 Å². The number of hydrogen-bond donors (Lipinski definition) is 2. The second-order valence-corrected chi connectivity index (χ2v) is 4.37. The minimum Gasteiger partial charge on any atom is -0.386 e. The summed E-state index contributed by atoms with van der Waals surface area (Å²) in [7, 11) is 0. The fourth-order valence-corrected chi connectivity index (χ4v) is 1.37. The number of nitrogens with zero attached hydrogens (tertiary/aromatic N) is 1. The summed E-state index contributed by atoms with van der Waals surface area (Å²) in [4.78, 5) is 11.1. The first kappa shape index (κ1) is 13.2. The van der Waals surface area contributed by atoms with Gasteiger partial charge in [0.25, 0.3) is 0 Å². The molecule has 4 nitrogen and oxygen atoms in total. The molecule has 4 heteroatoms. The van der Waals surface area contributed by atoms with Gasteiger partial charge in [0.1, 0.15) is 6.42 Å². The zero-order valence-corrected chi connectivity index (χ0v) is 10.0. The number of hydrogen-bond acceptors (Lipinski definition) is 3. The maximum atomic E-state index is 11.1. The van der Waals surface area contributed by atoms with E-state index in [4.69, 9.17) is 5.26 Å². The molecule has 0 saturated carbocycles. The van der Waals surface area contributed by atoms with Crippen LogP contribution in [-0.2, 0) is 16.9 Å². The van der Waals surface area contributed by atoms with Crippen molar-refractivity contribution >= 4 is 5.91 Å². The molecule has 2 N–H and O–H groups in total. The topological polar surface area (TPSA) is 73.1 Å². The minimum atomic E-state index is -0.859. The van der Waals surface area contributed by atoms with Gasteiger partial charge in [0, 0.05) is 6.54 Å². The van der Waals surface area contributed by atoms with Crippen LogP contribution in [0.4, 0.5) is 0 Å². The van der Waals surface area contributed by atoms with Crippen LogP contribution >= 0.6 is 0 Å². The number of amides is 1. The van der Waals surface area contributed by atoms with Gasteiger partial charge < -0.3 is 10.4 Å². The first-order chi connectivity index (χ1) is 7.93. The molecule has 0 fully saturated rings. The Morgan fingerprint density at radius 2 is 2.00 bits per heavy atom. The van der Waals surface area contributed by atoms with E-state index in [2.05, 4.69) is 5.32 Å². The van der Waals surface area contributed by atoms with Crippen LogP contribution in [0.2, 0.25) is 0 Å². The number of carbonyl (C=O) groups excluding carboxylic acids is 1. The Morgan fingerprint density at radius 3 is 2.47 bits per heavy atom. The third-order valence-electron chi connectivity index (χ3n) is 2.39. The molecule has 0 aromatic heterocycles. The van der Waals surface area contributed by atoms with Gasteiger partial charge in [0.2, 0.25) is 5.91 Å². The van der Waals surface area contributed by atoms with E-state index in [1.807, 2.05) is 24.3 Å². The molecule has 1 aromatic rings. The molecule has 90 valence electrons. The molecule has 0 heterocycles. The van der Waals surface area contributed by atoms with Crippen molar-refractivity contribution in [2.24, 2.45) is 0 Å². The van der Waals surface area contributed by atoms with Crippen molar-refractivity contribution in [2.45, 2.75) is 32.4 Å². The number of aliphatic hydroxyl groups is 1. The third-order valence-corrected chi connectivity index (χ3v) is 2.39. The van der Waals surface area contributed by atoms with Gasteiger partial charge >= 0.3 is 0 Å². The second kappa shape index (κ2) is 5.46. The lowest BCUT2D eigenvalue weighted by Gasteiger charge is -2.17. The molecular weight excluding hydrogens is 216 g/mol. The van der Waals surface area contributed by atoms with Gasteiger partial charge in [0.15, 0.2) is 0 Å². The number of benzene rings is 1. The maximum absolute atomic E-state index is 11.1. The fourth-order valence-electron chi connectivity index (χ4n) is 1.37. The molecule has 0 bridgehead atoms. The highest BCUT2D eigenvalue weighted by Gasteiger charge is 2.14. The quantitative estimate of drug-likeness (QED) is 0.825. The molecule has 1 aromatic carbocycles. The van der Waals surface area contributed by atoms with Crippen LogP contribution in [0.1, 0.15) is 31.4 Å². The molecule has 0 spiro atoms. The summed E-state index contributed by atoms with van der Waals surface area (Å²) in [6, 6.07) is 9.13. The van der Waals surface area contributed by atoms with Crippen LogP contribution in [0.25, 0.3) is 0 Å². The first-order valence-electron chi connectivity index (χ1n) is 5.39. The molecule has 0 atom stereocenters. The lowest BCUT2D eigenvalue weighted by molar-refractivity contribution is -0.120. The number of nitriles is 1. The van der Waals surface area contributed by atoms with Crippen LogP contribution < -0.4 is 5.32 Å². The summed E-state index contributed by atoms with van der Waals surface area (Å²) in [6.07, 6.45) is -0.123. The predicted octanol–water partition coefficient (Wildman–Crippen LogP) is 1.44. The van der Waals surface area contributed by atoms with Crippen LogP contribution in [-0.4, -0.2) is 11.0 Å². The number of nitrogens with one attached hydrogen (secondary N) is 1. The van der Waals surface area contributed by atoms with Crippen molar-refractivity contribution in [2.75, 3.05) is 0 Å². The zero-order chi connectivity index (χ0) is 12.9. The Balaban J connectivity index is 2.58. The Labute approximate surface area is 101 Å². The monoisotopic (exact) mass is 232 g/mol. The van der Waals surface area contributed by atoms with E-state index in [0.29, 0.717) is 6.54 Å². The molecular formula is C13H16N2O2. The Kier molecular flexibility index (Phi) is 4.24. The SMILES string of the molecule is CC(C)(O)c1ccc(CNC(=O)CC#N)cc1. The first-order valence-corrected chi connectivity index (χ1v) is 5.39. The zero-order valence-electron chi connectivity index (χ0n) is 10.0. The van der Waals surface area contributed by atoms with Gasteiger partial charge in [-0.3, -0.25) is 4.79 Å². The van der Waals surface area contributed by atoms with E-state index in [9.17, 15) is 9.90 Å². The van der Waals surface area contributed by atoms with Gasteiger partial charge in [-0.05, 0) is 25.0 Å². The van der Waals surface area contributed by atoms with E-state index in [0.717, 1.165) is 11.1 Å². The van der Waals surface area contributed by atoms with E-state index in [1.165, 1.54) is 0 Å². The van der Waals surface area contributed by atoms with Crippen LogP contribution in [0.3, 0.4) is 0 Å². The highest BCUT2D eigenvalue weighted by Crippen LogP contribution is 2.19. The molecule has 17 heavy (non-hydrogen) atoms. The molecule has 1 amide bonds. The standard InChI is InChI=1S/C13H16N2O2/c1-13(2,17)11-5-3-10(4-6-11)9-15-12(16)7-8-14/h3-6,17H,7,9H2,1-2H3,(H,15,16). The molecule has 0 aliphatic heterocycles. The average Bonchev–Trinajstić information content (AvgIpc) is 2.26. The summed E-state index contributed by atoms with van der Waals surface area (Å²) in [5.74, 6) is -0.279.